The van der Waals surface area contributed by atoms with Crippen molar-refractivity contribution >= 4 is 27.3 Å². The summed E-state index contributed by atoms with van der Waals surface area (Å²) in [5, 5.41) is 30.3. The first-order chi connectivity index (χ1) is 11.5. The Labute approximate surface area is 147 Å². The van der Waals surface area contributed by atoms with E-state index in [0.717, 1.165) is 10.9 Å². The number of aliphatic hydroxyl groups is 1. The topological polar surface area (TPSA) is 107 Å². The van der Waals surface area contributed by atoms with Crippen LogP contribution in [0.25, 0.3) is 0 Å². The van der Waals surface area contributed by atoms with Gasteiger partial charge < -0.3 is 5.11 Å². The minimum atomic E-state index is -0.439. The van der Waals surface area contributed by atoms with Crippen LogP contribution in [0.2, 0.25) is 0 Å². The Hall–Kier alpha value is -2.32. The normalized spacial score (nSPS) is 9.75. The third-order valence-electron chi connectivity index (χ3n) is 3.12. The summed E-state index contributed by atoms with van der Waals surface area (Å²) in [5.41, 5.74) is 1.63. The van der Waals surface area contributed by atoms with Crippen molar-refractivity contribution in [2.75, 3.05) is 11.9 Å². The summed E-state index contributed by atoms with van der Waals surface area (Å²) in [4.78, 5) is 20.1. The van der Waals surface area contributed by atoms with Gasteiger partial charge in [-0.25, -0.2) is 0 Å². The zero-order chi connectivity index (χ0) is 17.9. The summed E-state index contributed by atoms with van der Waals surface area (Å²) in [6.07, 6.45) is 1.02. The molecule has 0 saturated heterocycles. The molecule has 8 heteroatoms. The number of nitrogens with zero attached hydrogens (tertiary/aromatic N) is 2. The molecule has 2 aromatic rings. The fourth-order valence-electron chi connectivity index (χ4n) is 2.02. The predicted octanol–water partition coefficient (Wildman–Crippen LogP) is 3.66. The summed E-state index contributed by atoms with van der Waals surface area (Å²) < 4.78 is 0. The summed E-state index contributed by atoms with van der Waals surface area (Å²) in [6, 6.07) is 13.2. The summed E-state index contributed by atoms with van der Waals surface area (Å²) in [6.45, 7) is -0.0646. The van der Waals surface area contributed by atoms with Gasteiger partial charge in [-0.05, 0) is 6.42 Å². The van der Waals surface area contributed by atoms with Crippen molar-refractivity contribution in [1.29, 1.82) is 0 Å². The highest BCUT2D eigenvalue weighted by Crippen LogP contribution is 2.18. The smallest absolute Gasteiger partial charge is 0.272 e. The Balaban J connectivity index is 0.000000240. The van der Waals surface area contributed by atoms with Crippen molar-refractivity contribution in [3.8, 4) is 0 Å². The van der Waals surface area contributed by atoms with E-state index in [2.05, 4.69) is 15.9 Å². The minimum Gasteiger partial charge on any atom is -0.396 e. The van der Waals surface area contributed by atoms with Crippen molar-refractivity contribution in [3.63, 3.8) is 0 Å². The van der Waals surface area contributed by atoms with Crippen LogP contribution in [0.5, 0.6) is 0 Å². The van der Waals surface area contributed by atoms with Gasteiger partial charge in [0.1, 0.15) is 0 Å². The molecule has 0 aliphatic heterocycles. The largest absolute Gasteiger partial charge is 0.396 e. The van der Waals surface area contributed by atoms with Crippen molar-refractivity contribution < 1.29 is 15.0 Å². The third-order valence-corrected chi connectivity index (χ3v) is 3.52. The van der Waals surface area contributed by atoms with Crippen LogP contribution >= 0.6 is 15.9 Å². The fraction of sp³-hybridized carbons (Fsp3) is 0.250. The molecule has 1 N–H and O–H groups in total. The molecule has 24 heavy (non-hydrogen) atoms. The number of nitro groups is 2. The number of rotatable bonds is 6. The van der Waals surface area contributed by atoms with Gasteiger partial charge in [0, 0.05) is 41.6 Å². The molecule has 0 atom stereocenters. The van der Waals surface area contributed by atoms with Gasteiger partial charge in [0.05, 0.1) is 9.85 Å². The molecule has 2 rings (SSSR count). The molecule has 7 nitrogen and oxygen atoms in total. The average Bonchev–Trinajstić information content (AvgIpc) is 2.57. The van der Waals surface area contributed by atoms with E-state index in [4.69, 9.17) is 5.11 Å². The van der Waals surface area contributed by atoms with E-state index in [9.17, 15) is 20.2 Å². The zero-order valence-corrected chi connectivity index (χ0v) is 14.4. The number of nitro benzene ring substituents is 2. The Morgan fingerprint density at radius 2 is 1.25 bits per heavy atom. The lowest BCUT2D eigenvalue weighted by molar-refractivity contribution is -0.385. The molecule has 0 aliphatic carbocycles. The quantitative estimate of drug-likeness (QED) is 0.455. The maximum absolute atomic E-state index is 10.5. The standard InChI is InChI=1S/C8H8BrNO2.C8H9NO3/c9-6-5-7-3-1-2-4-8(7)10(11)12;10-6-5-7-3-1-2-4-8(7)9(11)12/h1-4H,5-6H2;1-4,10H,5-6H2. The molecule has 0 aliphatic rings. The molecule has 0 amide bonds. The lowest BCUT2D eigenvalue weighted by Gasteiger charge is -1.98. The van der Waals surface area contributed by atoms with Gasteiger partial charge in [-0.15, -0.1) is 0 Å². The lowest BCUT2D eigenvalue weighted by Crippen LogP contribution is -1.97. The molecule has 0 unspecified atom stereocenters. The van der Waals surface area contributed by atoms with Gasteiger partial charge in [0.25, 0.3) is 11.4 Å². The van der Waals surface area contributed by atoms with Crippen molar-refractivity contribution in [2.45, 2.75) is 12.8 Å². The predicted molar refractivity (Wildman–Crippen MR) is 94.5 cm³/mol. The van der Waals surface area contributed by atoms with E-state index in [-0.39, 0.29) is 22.9 Å². The van der Waals surface area contributed by atoms with Crippen LogP contribution in [0.3, 0.4) is 0 Å². The van der Waals surface area contributed by atoms with Crippen LogP contribution in [0, 0.1) is 20.2 Å². The van der Waals surface area contributed by atoms with Crippen LogP contribution in [-0.2, 0) is 12.8 Å². The minimum absolute atomic E-state index is 0.0646. The maximum atomic E-state index is 10.5. The summed E-state index contributed by atoms with van der Waals surface area (Å²) >= 11 is 3.25. The van der Waals surface area contributed by atoms with Gasteiger partial charge in [-0.2, -0.15) is 0 Å². The van der Waals surface area contributed by atoms with Gasteiger partial charge in [-0.3, -0.25) is 20.2 Å². The second kappa shape index (κ2) is 10.5. The Morgan fingerprint density at radius 3 is 1.62 bits per heavy atom. The van der Waals surface area contributed by atoms with Crippen molar-refractivity contribution in [3.05, 3.63) is 79.9 Å². The van der Waals surface area contributed by atoms with Crippen LogP contribution in [-0.4, -0.2) is 26.9 Å². The summed E-state index contributed by atoms with van der Waals surface area (Å²) in [5.74, 6) is 0. The van der Waals surface area contributed by atoms with E-state index in [1.165, 1.54) is 12.1 Å². The molecule has 0 bridgehead atoms. The first kappa shape index (κ1) is 19.7. The highest BCUT2D eigenvalue weighted by atomic mass is 79.9. The van der Waals surface area contributed by atoms with Crippen molar-refractivity contribution in [1.82, 2.24) is 0 Å². The number of para-hydroxylation sites is 2. The number of hydrogen-bond acceptors (Lipinski definition) is 5. The average molecular weight is 397 g/mol. The highest BCUT2D eigenvalue weighted by molar-refractivity contribution is 9.09. The lowest BCUT2D eigenvalue weighted by atomic mass is 10.1. The maximum Gasteiger partial charge on any atom is 0.272 e. The number of hydrogen-bond donors (Lipinski definition) is 1. The molecule has 0 saturated carbocycles. The fourth-order valence-corrected chi connectivity index (χ4v) is 2.45. The van der Waals surface area contributed by atoms with E-state index in [0.29, 0.717) is 18.4 Å². The second-order valence-electron chi connectivity index (χ2n) is 4.68. The van der Waals surface area contributed by atoms with Crippen LogP contribution < -0.4 is 0 Å². The van der Waals surface area contributed by atoms with Gasteiger partial charge in [-0.1, -0.05) is 52.3 Å². The van der Waals surface area contributed by atoms with Gasteiger partial charge >= 0.3 is 0 Å². The number of aliphatic hydroxyl groups excluding tert-OH is 1. The Morgan fingerprint density at radius 1 is 0.833 bits per heavy atom. The first-order valence-corrected chi connectivity index (χ1v) is 8.24. The molecule has 0 spiro atoms. The third kappa shape index (κ3) is 6.05. The second-order valence-corrected chi connectivity index (χ2v) is 5.48. The van der Waals surface area contributed by atoms with Crippen LogP contribution in [0.4, 0.5) is 11.4 Å². The molecule has 2 aromatic carbocycles. The monoisotopic (exact) mass is 396 g/mol. The van der Waals surface area contributed by atoms with Crippen molar-refractivity contribution in [2.24, 2.45) is 0 Å². The molecule has 0 heterocycles. The molecular weight excluding hydrogens is 380 g/mol. The molecule has 0 aromatic heterocycles. The van der Waals surface area contributed by atoms with E-state index in [1.54, 1.807) is 30.3 Å². The number of halogens is 1. The summed E-state index contributed by atoms with van der Waals surface area (Å²) in [7, 11) is 0. The molecule has 128 valence electrons. The van der Waals surface area contributed by atoms with E-state index >= 15 is 0 Å². The first-order valence-electron chi connectivity index (χ1n) is 7.12. The zero-order valence-electron chi connectivity index (χ0n) is 12.8. The number of alkyl halides is 1. The van der Waals surface area contributed by atoms with E-state index in [1.807, 2.05) is 6.07 Å². The molecule has 0 radical (unpaired) electrons. The van der Waals surface area contributed by atoms with Gasteiger partial charge in [0.15, 0.2) is 0 Å². The van der Waals surface area contributed by atoms with Crippen LogP contribution in [0.1, 0.15) is 11.1 Å². The Kier molecular flexibility index (Phi) is 8.59. The highest BCUT2D eigenvalue weighted by Gasteiger charge is 2.11. The van der Waals surface area contributed by atoms with Gasteiger partial charge in [0.2, 0.25) is 0 Å². The SMILES string of the molecule is O=[N+]([O-])c1ccccc1CCBr.O=[N+]([O-])c1ccccc1CCO. The number of aryl methyl sites for hydroxylation is 1. The number of benzene rings is 2. The van der Waals surface area contributed by atoms with Crippen LogP contribution in [0.15, 0.2) is 48.5 Å². The Bertz CT molecular complexity index is 634. The van der Waals surface area contributed by atoms with E-state index < -0.39 is 4.92 Å². The molecule has 0 fully saturated rings. The molecular formula is C16H17BrN2O5.